The monoisotopic (exact) mass is 337 g/mol. The largest absolute Gasteiger partial charge is 0.357 e. The van der Waals surface area contributed by atoms with Gasteiger partial charge in [-0.15, -0.1) is 0 Å². The molecule has 1 unspecified atom stereocenters. The lowest BCUT2D eigenvalue weighted by atomic mass is 9.97. The number of nitrogens with one attached hydrogen (secondary N) is 2. The summed E-state index contributed by atoms with van der Waals surface area (Å²) in [6.07, 6.45) is 6.53. The van der Waals surface area contributed by atoms with Gasteiger partial charge in [0, 0.05) is 25.7 Å². The van der Waals surface area contributed by atoms with E-state index in [9.17, 15) is 0 Å². The van der Waals surface area contributed by atoms with E-state index in [1.807, 2.05) is 0 Å². The van der Waals surface area contributed by atoms with Gasteiger partial charge in [0.2, 0.25) is 0 Å². The van der Waals surface area contributed by atoms with E-state index >= 15 is 0 Å². The molecule has 2 aliphatic heterocycles. The molecule has 0 bridgehead atoms. The van der Waals surface area contributed by atoms with Crippen LogP contribution in [0.1, 0.15) is 52.9 Å². The van der Waals surface area contributed by atoms with Crippen LogP contribution in [0.15, 0.2) is 4.99 Å². The summed E-state index contributed by atoms with van der Waals surface area (Å²) in [6.45, 7) is 15.8. The molecule has 2 N–H and O–H groups in total. The Morgan fingerprint density at radius 1 is 1.04 bits per heavy atom. The Morgan fingerprint density at radius 3 is 2.50 bits per heavy atom. The Morgan fingerprint density at radius 2 is 1.83 bits per heavy atom. The Labute approximate surface area is 149 Å². The van der Waals surface area contributed by atoms with Crippen LogP contribution in [-0.4, -0.2) is 74.2 Å². The number of hydrogen-bond acceptors (Lipinski definition) is 3. The zero-order chi connectivity index (χ0) is 17.2. The summed E-state index contributed by atoms with van der Waals surface area (Å²) >= 11 is 0. The van der Waals surface area contributed by atoms with Crippen molar-refractivity contribution >= 4 is 5.96 Å². The van der Waals surface area contributed by atoms with Gasteiger partial charge in [-0.1, -0.05) is 13.8 Å². The molecule has 140 valence electrons. The number of likely N-dealkylation sites (tertiary alicyclic amines) is 2. The first-order valence-corrected chi connectivity index (χ1v) is 10.2. The number of piperidine rings is 1. The molecular weight excluding hydrogens is 298 g/mol. The summed E-state index contributed by atoms with van der Waals surface area (Å²) in [4.78, 5) is 10.1. The summed E-state index contributed by atoms with van der Waals surface area (Å²) < 4.78 is 0. The first kappa shape index (κ1) is 19.5. The molecule has 0 aromatic rings. The molecule has 0 aromatic carbocycles. The molecule has 0 spiro atoms. The third-order valence-electron chi connectivity index (χ3n) is 5.51. The van der Waals surface area contributed by atoms with E-state index in [2.05, 4.69) is 41.2 Å². The fourth-order valence-electron chi connectivity index (χ4n) is 4.03. The lowest BCUT2D eigenvalue weighted by Gasteiger charge is -2.31. The molecule has 2 aliphatic rings. The second kappa shape index (κ2) is 10.9. The number of hydrogen-bond donors (Lipinski definition) is 2. The molecule has 2 heterocycles. The van der Waals surface area contributed by atoms with Gasteiger partial charge in [-0.25, -0.2) is 0 Å². The average molecular weight is 338 g/mol. The third kappa shape index (κ3) is 6.25. The van der Waals surface area contributed by atoms with E-state index in [4.69, 9.17) is 4.99 Å². The SMILES string of the molecule is CCCN1CCC(CN=C(NCC)NCC2CCCN2CC)CC1. The van der Waals surface area contributed by atoms with Gasteiger partial charge in [-0.2, -0.15) is 0 Å². The van der Waals surface area contributed by atoms with Crippen LogP contribution in [0.25, 0.3) is 0 Å². The van der Waals surface area contributed by atoms with Crippen LogP contribution < -0.4 is 10.6 Å². The highest BCUT2D eigenvalue weighted by Gasteiger charge is 2.23. The minimum absolute atomic E-state index is 0.677. The van der Waals surface area contributed by atoms with E-state index in [0.717, 1.165) is 38.1 Å². The lowest BCUT2D eigenvalue weighted by molar-refractivity contribution is 0.188. The normalized spacial score (nSPS) is 24.5. The molecule has 5 nitrogen and oxygen atoms in total. The van der Waals surface area contributed by atoms with Gasteiger partial charge in [0.15, 0.2) is 5.96 Å². The predicted octanol–water partition coefficient (Wildman–Crippen LogP) is 2.15. The van der Waals surface area contributed by atoms with E-state index in [0.29, 0.717) is 6.04 Å². The highest BCUT2D eigenvalue weighted by atomic mass is 15.2. The second-order valence-electron chi connectivity index (χ2n) is 7.31. The van der Waals surface area contributed by atoms with Crippen molar-refractivity contribution in [3.8, 4) is 0 Å². The van der Waals surface area contributed by atoms with E-state index < -0.39 is 0 Å². The van der Waals surface area contributed by atoms with Crippen molar-refractivity contribution in [2.24, 2.45) is 10.9 Å². The van der Waals surface area contributed by atoms with Gasteiger partial charge in [-0.05, 0) is 77.7 Å². The highest BCUT2D eigenvalue weighted by Crippen LogP contribution is 2.18. The quantitative estimate of drug-likeness (QED) is 0.526. The predicted molar refractivity (Wildman–Crippen MR) is 104 cm³/mol. The van der Waals surface area contributed by atoms with Crippen LogP contribution in [0.5, 0.6) is 0 Å². The maximum absolute atomic E-state index is 4.88. The molecule has 0 aromatic heterocycles. The van der Waals surface area contributed by atoms with Crippen LogP contribution in [0.4, 0.5) is 0 Å². The number of nitrogens with zero attached hydrogens (tertiary/aromatic N) is 3. The zero-order valence-corrected chi connectivity index (χ0v) is 16.2. The molecule has 24 heavy (non-hydrogen) atoms. The Balaban J connectivity index is 1.74. The third-order valence-corrected chi connectivity index (χ3v) is 5.51. The molecule has 0 saturated carbocycles. The van der Waals surface area contributed by atoms with Gasteiger partial charge in [0.1, 0.15) is 0 Å². The molecular formula is C19H39N5. The molecule has 2 saturated heterocycles. The second-order valence-corrected chi connectivity index (χ2v) is 7.31. The van der Waals surface area contributed by atoms with Crippen LogP contribution >= 0.6 is 0 Å². The smallest absolute Gasteiger partial charge is 0.191 e. The van der Waals surface area contributed by atoms with Crippen molar-refractivity contribution in [2.45, 2.75) is 58.9 Å². The maximum Gasteiger partial charge on any atom is 0.191 e. The first-order chi connectivity index (χ1) is 11.8. The van der Waals surface area contributed by atoms with Crippen molar-refractivity contribution < 1.29 is 0 Å². The topological polar surface area (TPSA) is 42.9 Å². The van der Waals surface area contributed by atoms with Gasteiger partial charge in [-0.3, -0.25) is 9.89 Å². The van der Waals surface area contributed by atoms with Gasteiger partial charge in [0.05, 0.1) is 0 Å². The Bertz CT molecular complexity index is 363. The summed E-state index contributed by atoms with van der Waals surface area (Å²) in [5.74, 6) is 1.77. The summed E-state index contributed by atoms with van der Waals surface area (Å²) in [6, 6.07) is 0.677. The fraction of sp³-hybridized carbons (Fsp3) is 0.947. The minimum atomic E-state index is 0.677. The molecule has 0 amide bonds. The molecule has 5 heteroatoms. The van der Waals surface area contributed by atoms with Crippen LogP contribution in [0.2, 0.25) is 0 Å². The molecule has 1 atom stereocenters. The van der Waals surface area contributed by atoms with Crippen molar-refractivity contribution in [3.63, 3.8) is 0 Å². The Hall–Kier alpha value is -0.810. The van der Waals surface area contributed by atoms with Gasteiger partial charge < -0.3 is 15.5 Å². The minimum Gasteiger partial charge on any atom is -0.357 e. The van der Waals surface area contributed by atoms with E-state index in [-0.39, 0.29) is 0 Å². The van der Waals surface area contributed by atoms with Crippen LogP contribution in [0.3, 0.4) is 0 Å². The van der Waals surface area contributed by atoms with Crippen molar-refractivity contribution in [3.05, 3.63) is 0 Å². The zero-order valence-electron chi connectivity index (χ0n) is 16.2. The Kier molecular flexibility index (Phi) is 8.89. The van der Waals surface area contributed by atoms with E-state index in [1.54, 1.807) is 0 Å². The summed E-state index contributed by atoms with van der Waals surface area (Å²) in [7, 11) is 0. The molecule has 0 radical (unpaired) electrons. The van der Waals surface area contributed by atoms with Gasteiger partial charge >= 0.3 is 0 Å². The molecule has 2 rings (SSSR count). The summed E-state index contributed by atoms with van der Waals surface area (Å²) in [5.41, 5.74) is 0. The number of aliphatic imine (C=N–C) groups is 1. The number of rotatable bonds is 8. The number of guanidine groups is 1. The number of likely N-dealkylation sites (N-methyl/N-ethyl adjacent to an activating group) is 1. The molecule has 2 fully saturated rings. The average Bonchev–Trinajstić information content (AvgIpc) is 3.06. The van der Waals surface area contributed by atoms with Crippen molar-refractivity contribution in [2.75, 3.05) is 52.4 Å². The lowest BCUT2D eigenvalue weighted by Crippen LogP contribution is -2.45. The van der Waals surface area contributed by atoms with Crippen LogP contribution in [0, 0.1) is 5.92 Å². The maximum atomic E-state index is 4.88. The first-order valence-electron chi connectivity index (χ1n) is 10.2. The van der Waals surface area contributed by atoms with Crippen molar-refractivity contribution in [1.82, 2.24) is 20.4 Å². The van der Waals surface area contributed by atoms with Crippen LogP contribution in [-0.2, 0) is 0 Å². The molecule has 0 aliphatic carbocycles. The fourth-order valence-corrected chi connectivity index (χ4v) is 4.03. The van der Waals surface area contributed by atoms with Gasteiger partial charge in [0.25, 0.3) is 0 Å². The summed E-state index contributed by atoms with van der Waals surface area (Å²) in [5, 5.41) is 7.00. The van der Waals surface area contributed by atoms with E-state index in [1.165, 1.54) is 58.3 Å². The highest BCUT2D eigenvalue weighted by molar-refractivity contribution is 5.79. The van der Waals surface area contributed by atoms with Crippen molar-refractivity contribution in [1.29, 1.82) is 0 Å². The standard InChI is InChI=1S/C19H39N5/c1-4-11-23-13-9-17(10-14-23)15-21-19(20-5-2)22-16-18-8-7-12-24(18)6-3/h17-18H,4-16H2,1-3H3,(H2,20,21,22).